The molecule has 0 aliphatic rings. The molecule has 0 saturated carbocycles. The zero-order valence-electron chi connectivity index (χ0n) is 18.8. The van der Waals surface area contributed by atoms with Crippen molar-refractivity contribution in [1.29, 1.82) is 0 Å². The minimum atomic E-state index is -0.603. The highest BCUT2D eigenvalue weighted by molar-refractivity contribution is 6.28. The highest BCUT2D eigenvalue weighted by atomic mass is 35.5. The first-order valence-electron chi connectivity index (χ1n) is 10.5. The summed E-state index contributed by atoms with van der Waals surface area (Å²) in [6.45, 7) is 9.45. The van der Waals surface area contributed by atoms with Crippen LogP contribution in [0.4, 0.5) is 5.95 Å². The van der Waals surface area contributed by atoms with E-state index in [-0.39, 0.29) is 17.2 Å². The average Bonchev–Trinajstić information content (AvgIpc) is 2.74. The van der Waals surface area contributed by atoms with Gasteiger partial charge in [-0.2, -0.15) is 9.97 Å². The first kappa shape index (κ1) is 24.8. The Kier molecular flexibility index (Phi) is 9.94. The molecule has 170 valence electrons. The van der Waals surface area contributed by atoms with Gasteiger partial charge in [-0.3, -0.25) is 0 Å². The van der Waals surface area contributed by atoms with Gasteiger partial charge >= 0.3 is 5.97 Å². The van der Waals surface area contributed by atoms with Crippen molar-refractivity contribution in [3.8, 4) is 5.75 Å². The van der Waals surface area contributed by atoms with Gasteiger partial charge in [0.1, 0.15) is 18.2 Å². The number of hydrogen-bond acceptors (Lipinski definition) is 8. The minimum Gasteiger partial charge on any atom is -0.492 e. The van der Waals surface area contributed by atoms with Gasteiger partial charge in [0.25, 0.3) is 0 Å². The summed E-state index contributed by atoms with van der Waals surface area (Å²) in [6.07, 6.45) is -0.151. The lowest BCUT2D eigenvalue weighted by Crippen LogP contribution is -2.29. The summed E-state index contributed by atoms with van der Waals surface area (Å²) in [5, 5.41) is 0.185. The third kappa shape index (κ3) is 7.95. The number of halogens is 1. The van der Waals surface area contributed by atoms with E-state index < -0.39 is 6.10 Å². The summed E-state index contributed by atoms with van der Waals surface area (Å²) < 4.78 is 16.4. The number of aromatic nitrogens is 3. The van der Waals surface area contributed by atoms with Crippen LogP contribution in [-0.4, -0.2) is 60.4 Å². The maximum Gasteiger partial charge on any atom is 0.335 e. The number of esters is 1. The van der Waals surface area contributed by atoms with Crippen LogP contribution in [0, 0.1) is 0 Å². The molecule has 31 heavy (non-hydrogen) atoms. The molecule has 1 aromatic heterocycles. The summed E-state index contributed by atoms with van der Waals surface area (Å²) in [5.41, 5.74) is 0.969. The maximum atomic E-state index is 12.0. The average molecular weight is 451 g/mol. The van der Waals surface area contributed by atoms with Crippen molar-refractivity contribution in [1.82, 2.24) is 15.0 Å². The van der Waals surface area contributed by atoms with Crippen molar-refractivity contribution >= 4 is 23.5 Å². The van der Waals surface area contributed by atoms with Crippen LogP contribution in [0.2, 0.25) is 5.28 Å². The zero-order chi connectivity index (χ0) is 22.8. The van der Waals surface area contributed by atoms with Crippen LogP contribution in [0.25, 0.3) is 0 Å². The van der Waals surface area contributed by atoms with E-state index in [1.54, 1.807) is 6.92 Å². The molecule has 0 aliphatic carbocycles. The van der Waals surface area contributed by atoms with Gasteiger partial charge in [0.05, 0.1) is 13.2 Å². The molecule has 9 heteroatoms. The number of benzene rings is 1. The first-order chi connectivity index (χ1) is 14.8. The number of carbonyl (C=O) groups is 1. The fourth-order valence-electron chi connectivity index (χ4n) is 2.77. The van der Waals surface area contributed by atoms with Gasteiger partial charge in [-0.1, -0.05) is 26.0 Å². The number of hydrogen-bond donors (Lipinski definition) is 0. The van der Waals surface area contributed by atoms with E-state index >= 15 is 0 Å². The first-order valence-corrected chi connectivity index (χ1v) is 10.8. The third-order valence-electron chi connectivity index (χ3n) is 4.43. The van der Waals surface area contributed by atoms with Crippen molar-refractivity contribution in [3.05, 3.63) is 40.9 Å². The van der Waals surface area contributed by atoms with Crippen molar-refractivity contribution in [2.75, 3.05) is 38.3 Å². The van der Waals surface area contributed by atoms with E-state index in [2.05, 4.69) is 15.0 Å². The molecular weight excluding hydrogens is 420 g/mol. The Balaban J connectivity index is 1.88. The molecule has 1 heterocycles. The van der Waals surface area contributed by atoms with Crippen LogP contribution in [-0.2, 0) is 20.7 Å². The van der Waals surface area contributed by atoms with Crippen molar-refractivity contribution in [2.24, 2.45) is 0 Å². The molecule has 0 N–H and O–H groups in total. The van der Waals surface area contributed by atoms with Gasteiger partial charge in [0, 0.05) is 26.0 Å². The Labute approximate surface area is 188 Å². The van der Waals surface area contributed by atoms with E-state index in [1.807, 2.05) is 57.0 Å². The Morgan fingerprint density at radius 3 is 2.42 bits per heavy atom. The molecule has 1 atom stereocenters. The second-order valence-electron chi connectivity index (χ2n) is 7.23. The van der Waals surface area contributed by atoms with Crippen LogP contribution < -0.4 is 9.64 Å². The Hall–Kier alpha value is -2.45. The minimum absolute atomic E-state index is 0.161. The zero-order valence-corrected chi connectivity index (χ0v) is 19.6. The topological polar surface area (TPSA) is 86.7 Å². The van der Waals surface area contributed by atoms with E-state index in [9.17, 15) is 4.79 Å². The molecule has 8 nitrogen and oxygen atoms in total. The van der Waals surface area contributed by atoms with E-state index in [4.69, 9.17) is 25.8 Å². The summed E-state index contributed by atoms with van der Waals surface area (Å²) in [5.74, 6) is 1.73. The van der Waals surface area contributed by atoms with Crippen molar-refractivity contribution < 1.29 is 19.0 Å². The molecule has 0 bridgehead atoms. The molecule has 0 aliphatic heterocycles. The second kappa shape index (κ2) is 12.4. The number of likely N-dealkylation sites (N-methyl/N-ethyl adjacent to an activating group) is 1. The normalized spacial score (nSPS) is 12.0. The van der Waals surface area contributed by atoms with Gasteiger partial charge in [0.2, 0.25) is 11.2 Å². The van der Waals surface area contributed by atoms with Crippen LogP contribution in [0.5, 0.6) is 5.75 Å². The highest BCUT2D eigenvalue weighted by Crippen LogP contribution is 2.17. The predicted octanol–water partition coefficient (Wildman–Crippen LogP) is 3.67. The lowest BCUT2D eigenvalue weighted by molar-refractivity contribution is -0.156. The standard InChI is InChI=1S/C22H31ClN4O4/c1-6-29-18(20(28)30-7-2)14-16-8-10-17(11-9-16)31-13-12-27(5)22-25-19(15(3)4)24-21(23)26-22/h8-11,15,18H,6-7,12-14H2,1-5H3. The fraction of sp³-hybridized carbons (Fsp3) is 0.545. The Bertz CT molecular complexity index is 833. The maximum absolute atomic E-state index is 12.0. The van der Waals surface area contributed by atoms with Crippen LogP contribution >= 0.6 is 11.6 Å². The molecule has 0 spiro atoms. The van der Waals surface area contributed by atoms with Crippen molar-refractivity contribution in [3.63, 3.8) is 0 Å². The summed E-state index contributed by atoms with van der Waals surface area (Å²) in [4.78, 5) is 26.7. The fourth-order valence-corrected chi connectivity index (χ4v) is 2.93. The monoisotopic (exact) mass is 450 g/mol. The molecule has 0 amide bonds. The van der Waals surface area contributed by atoms with Gasteiger partial charge < -0.3 is 19.1 Å². The van der Waals surface area contributed by atoms with E-state index in [0.717, 1.165) is 11.3 Å². The smallest absolute Gasteiger partial charge is 0.335 e. The molecule has 1 aromatic carbocycles. The van der Waals surface area contributed by atoms with E-state index in [1.165, 1.54) is 0 Å². The highest BCUT2D eigenvalue weighted by Gasteiger charge is 2.20. The quantitative estimate of drug-likeness (QED) is 0.452. The Morgan fingerprint density at radius 1 is 1.10 bits per heavy atom. The largest absolute Gasteiger partial charge is 0.492 e. The number of ether oxygens (including phenoxy) is 3. The second-order valence-corrected chi connectivity index (χ2v) is 7.57. The molecule has 0 saturated heterocycles. The summed E-state index contributed by atoms with van der Waals surface area (Å²) in [6, 6.07) is 7.59. The van der Waals surface area contributed by atoms with Crippen LogP contribution in [0.3, 0.4) is 0 Å². The number of nitrogens with zero attached hydrogens (tertiary/aromatic N) is 4. The van der Waals surface area contributed by atoms with Crippen LogP contribution in [0.1, 0.15) is 45.0 Å². The molecule has 2 rings (SSSR count). The number of anilines is 1. The van der Waals surface area contributed by atoms with Crippen molar-refractivity contribution in [2.45, 2.75) is 46.1 Å². The lowest BCUT2D eigenvalue weighted by atomic mass is 10.1. The molecule has 1 unspecified atom stereocenters. The number of rotatable bonds is 12. The SMILES string of the molecule is CCOC(=O)C(Cc1ccc(OCCN(C)c2nc(Cl)nc(C(C)C)n2)cc1)OCC. The molecule has 0 fully saturated rings. The lowest BCUT2D eigenvalue weighted by Gasteiger charge is -2.18. The van der Waals surface area contributed by atoms with Gasteiger partial charge in [-0.25, -0.2) is 9.78 Å². The van der Waals surface area contributed by atoms with Crippen LogP contribution in [0.15, 0.2) is 24.3 Å². The van der Waals surface area contributed by atoms with E-state index in [0.29, 0.717) is 44.6 Å². The van der Waals surface area contributed by atoms with Gasteiger partial charge in [0.15, 0.2) is 6.10 Å². The summed E-state index contributed by atoms with van der Waals surface area (Å²) in [7, 11) is 1.88. The van der Waals surface area contributed by atoms with Gasteiger partial charge in [-0.05, 0) is 43.1 Å². The third-order valence-corrected chi connectivity index (χ3v) is 4.60. The molecular formula is C22H31ClN4O4. The molecule has 2 aromatic rings. The Morgan fingerprint density at radius 2 is 1.81 bits per heavy atom. The number of carbonyl (C=O) groups excluding carboxylic acids is 1. The summed E-state index contributed by atoms with van der Waals surface area (Å²) >= 11 is 6.02. The van der Waals surface area contributed by atoms with Gasteiger partial charge in [-0.15, -0.1) is 0 Å². The molecule has 0 radical (unpaired) electrons. The predicted molar refractivity (Wildman–Crippen MR) is 120 cm³/mol.